The van der Waals surface area contributed by atoms with Gasteiger partial charge in [-0.1, -0.05) is 0 Å². The SMILES string of the molecule is C[C@@H]1Oc2c(F)cc(C3CN(C4CCN(C(=O)OC(C)(C)C)CC4)C3)cc2Nc2ncnc(N3CCOCC3)c21. The topological polar surface area (TPSA) is 92.3 Å². The van der Waals surface area contributed by atoms with E-state index in [0.717, 1.165) is 56.0 Å². The monoisotopic (exact) mass is 554 g/mol. The summed E-state index contributed by atoms with van der Waals surface area (Å²) in [6, 6.07) is 4.04. The molecule has 0 radical (unpaired) electrons. The largest absolute Gasteiger partial charge is 0.480 e. The van der Waals surface area contributed by atoms with Crippen molar-refractivity contribution in [3.63, 3.8) is 0 Å². The van der Waals surface area contributed by atoms with Gasteiger partial charge in [-0.2, -0.15) is 0 Å². The predicted octanol–water partition coefficient (Wildman–Crippen LogP) is 4.45. The first-order valence-corrected chi connectivity index (χ1v) is 14.3. The molecule has 6 rings (SSSR count). The Balaban J connectivity index is 1.12. The first-order valence-electron chi connectivity index (χ1n) is 14.3. The van der Waals surface area contributed by atoms with E-state index in [9.17, 15) is 4.79 Å². The molecule has 40 heavy (non-hydrogen) atoms. The van der Waals surface area contributed by atoms with E-state index in [1.165, 1.54) is 0 Å². The molecule has 0 bridgehead atoms. The van der Waals surface area contributed by atoms with Crippen molar-refractivity contribution in [3.8, 4) is 5.75 Å². The molecular weight excluding hydrogens is 515 g/mol. The lowest BCUT2D eigenvalue weighted by Crippen LogP contribution is -2.55. The number of hydrogen-bond donors (Lipinski definition) is 1. The fraction of sp³-hybridized carbons (Fsp3) is 0.621. The maximum absolute atomic E-state index is 15.5. The fourth-order valence-electron chi connectivity index (χ4n) is 6.08. The number of carbonyl (C=O) groups is 1. The average molecular weight is 555 g/mol. The van der Waals surface area contributed by atoms with E-state index in [2.05, 4.69) is 25.1 Å². The van der Waals surface area contributed by atoms with Gasteiger partial charge in [-0.25, -0.2) is 19.2 Å². The maximum atomic E-state index is 15.5. The van der Waals surface area contributed by atoms with Crippen LogP contribution in [0.15, 0.2) is 18.5 Å². The minimum Gasteiger partial charge on any atom is -0.480 e. The van der Waals surface area contributed by atoms with E-state index in [0.29, 0.717) is 43.9 Å². The van der Waals surface area contributed by atoms with Crippen molar-refractivity contribution >= 4 is 23.4 Å². The number of likely N-dealkylation sites (tertiary alicyclic amines) is 2. The Morgan fingerprint density at radius 2 is 1.82 bits per heavy atom. The zero-order chi connectivity index (χ0) is 28.0. The smallest absolute Gasteiger partial charge is 0.410 e. The molecule has 0 spiro atoms. The molecule has 1 amide bonds. The molecule has 10 nitrogen and oxygen atoms in total. The average Bonchev–Trinajstić information content (AvgIpc) is 3.04. The third-order valence-corrected chi connectivity index (χ3v) is 8.21. The number of nitrogens with zero attached hydrogens (tertiary/aromatic N) is 5. The van der Waals surface area contributed by atoms with Crippen molar-refractivity contribution in [2.45, 2.75) is 64.2 Å². The molecule has 3 saturated heterocycles. The Morgan fingerprint density at radius 3 is 2.52 bits per heavy atom. The summed E-state index contributed by atoms with van der Waals surface area (Å²) in [5.41, 5.74) is 1.89. The zero-order valence-electron chi connectivity index (χ0n) is 23.8. The molecule has 0 unspecified atom stereocenters. The molecule has 1 aromatic heterocycles. The van der Waals surface area contributed by atoms with Crippen LogP contribution in [0.25, 0.3) is 0 Å². The third-order valence-electron chi connectivity index (χ3n) is 8.21. The molecular formula is C29H39FN6O4. The van der Waals surface area contributed by atoms with Crippen LogP contribution in [0, 0.1) is 5.82 Å². The highest BCUT2D eigenvalue weighted by Crippen LogP contribution is 2.44. The van der Waals surface area contributed by atoms with Crippen LogP contribution in [0.5, 0.6) is 5.75 Å². The molecule has 0 aliphatic carbocycles. The summed E-state index contributed by atoms with van der Waals surface area (Å²) in [6.45, 7) is 13.5. The minimum atomic E-state index is -0.486. The number of carbonyl (C=O) groups excluding carboxylic acids is 1. The van der Waals surface area contributed by atoms with Crippen LogP contribution in [0.4, 0.5) is 26.5 Å². The number of benzene rings is 1. The summed E-state index contributed by atoms with van der Waals surface area (Å²) in [4.78, 5) is 27.9. The van der Waals surface area contributed by atoms with Gasteiger partial charge in [0, 0.05) is 51.2 Å². The quantitative estimate of drug-likeness (QED) is 0.591. The molecule has 216 valence electrons. The molecule has 3 fully saturated rings. The van der Waals surface area contributed by atoms with Crippen LogP contribution in [0.2, 0.25) is 0 Å². The lowest BCUT2D eigenvalue weighted by molar-refractivity contribution is 0.00589. The van der Waals surface area contributed by atoms with E-state index in [-0.39, 0.29) is 23.6 Å². The standard InChI is InChI=1S/C29H39FN6O4/c1-18-24-26(31-17-32-27(24)34-9-11-38-12-10-34)33-23-14-19(13-22(30)25(23)39-18)20-15-36(16-20)21-5-7-35(8-6-21)28(37)40-29(2,3)4/h13-14,17-18,20-21H,5-12,15-16H2,1-4H3,(H,31,32,33)/t18-/m0/s1. The lowest BCUT2D eigenvalue weighted by atomic mass is 9.87. The van der Waals surface area contributed by atoms with Crippen LogP contribution in [0.3, 0.4) is 0 Å². The van der Waals surface area contributed by atoms with Gasteiger partial charge in [-0.05, 0) is 58.2 Å². The van der Waals surface area contributed by atoms with Crippen molar-refractivity contribution in [3.05, 3.63) is 35.4 Å². The Morgan fingerprint density at radius 1 is 1.10 bits per heavy atom. The molecule has 1 aromatic carbocycles. The molecule has 1 N–H and O–H groups in total. The summed E-state index contributed by atoms with van der Waals surface area (Å²) in [7, 11) is 0. The number of fused-ring (bicyclic) bond motifs is 2. The minimum absolute atomic E-state index is 0.216. The van der Waals surface area contributed by atoms with Crippen molar-refractivity contribution in [1.82, 2.24) is 19.8 Å². The van der Waals surface area contributed by atoms with Crippen molar-refractivity contribution in [1.29, 1.82) is 0 Å². The third kappa shape index (κ3) is 5.41. The number of amides is 1. The Kier molecular flexibility index (Phi) is 7.20. The highest BCUT2D eigenvalue weighted by Gasteiger charge is 2.38. The molecule has 0 saturated carbocycles. The van der Waals surface area contributed by atoms with Crippen LogP contribution < -0.4 is 15.0 Å². The second kappa shape index (κ2) is 10.7. The van der Waals surface area contributed by atoms with Gasteiger partial charge in [0.05, 0.1) is 24.5 Å². The number of hydrogen-bond acceptors (Lipinski definition) is 9. The number of halogens is 1. The Hall–Kier alpha value is -3.18. The molecule has 4 aliphatic heterocycles. The highest BCUT2D eigenvalue weighted by atomic mass is 19.1. The molecule has 1 atom stereocenters. The number of morpholine rings is 1. The Labute approximate surface area is 234 Å². The van der Waals surface area contributed by atoms with Crippen molar-refractivity contribution in [2.75, 3.05) is 62.7 Å². The number of rotatable bonds is 3. The van der Waals surface area contributed by atoms with E-state index in [4.69, 9.17) is 14.2 Å². The van der Waals surface area contributed by atoms with E-state index < -0.39 is 11.7 Å². The molecule has 5 heterocycles. The van der Waals surface area contributed by atoms with E-state index >= 15 is 4.39 Å². The van der Waals surface area contributed by atoms with Crippen LogP contribution in [-0.2, 0) is 9.47 Å². The maximum Gasteiger partial charge on any atom is 0.410 e. The van der Waals surface area contributed by atoms with Gasteiger partial charge in [0.15, 0.2) is 11.6 Å². The van der Waals surface area contributed by atoms with Gasteiger partial charge in [0.1, 0.15) is 29.7 Å². The number of piperidine rings is 1. The number of aromatic nitrogens is 2. The van der Waals surface area contributed by atoms with Crippen LogP contribution in [-0.4, -0.2) is 90.0 Å². The van der Waals surface area contributed by atoms with Gasteiger partial charge < -0.3 is 29.3 Å². The molecule has 2 aromatic rings. The van der Waals surface area contributed by atoms with Gasteiger partial charge >= 0.3 is 6.09 Å². The number of nitrogens with one attached hydrogen (secondary N) is 1. The zero-order valence-corrected chi connectivity index (χ0v) is 23.8. The number of ether oxygens (including phenoxy) is 3. The summed E-state index contributed by atoms with van der Waals surface area (Å²) >= 11 is 0. The second-order valence-electron chi connectivity index (χ2n) is 12.2. The van der Waals surface area contributed by atoms with Crippen molar-refractivity contribution < 1.29 is 23.4 Å². The van der Waals surface area contributed by atoms with Crippen LogP contribution >= 0.6 is 0 Å². The highest BCUT2D eigenvalue weighted by molar-refractivity contribution is 5.73. The second-order valence-corrected chi connectivity index (χ2v) is 12.2. The normalized spacial score (nSPS) is 22.4. The van der Waals surface area contributed by atoms with Gasteiger partial charge in [0.2, 0.25) is 0 Å². The summed E-state index contributed by atoms with van der Waals surface area (Å²) < 4.78 is 32.7. The van der Waals surface area contributed by atoms with Crippen LogP contribution in [0.1, 0.15) is 63.7 Å². The molecule has 11 heteroatoms. The first kappa shape index (κ1) is 27.0. The lowest BCUT2D eigenvalue weighted by Gasteiger charge is -2.47. The van der Waals surface area contributed by atoms with E-state index in [1.54, 1.807) is 17.3 Å². The van der Waals surface area contributed by atoms with Gasteiger partial charge in [-0.3, -0.25) is 4.90 Å². The summed E-state index contributed by atoms with van der Waals surface area (Å²) in [5.74, 6) is 1.53. The van der Waals surface area contributed by atoms with Gasteiger partial charge in [-0.15, -0.1) is 0 Å². The summed E-state index contributed by atoms with van der Waals surface area (Å²) in [5, 5.41) is 3.37. The Bertz CT molecular complexity index is 1250. The predicted molar refractivity (Wildman–Crippen MR) is 149 cm³/mol. The number of anilines is 3. The van der Waals surface area contributed by atoms with Crippen molar-refractivity contribution in [2.24, 2.45) is 0 Å². The fourth-order valence-corrected chi connectivity index (χ4v) is 6.08. The van der Waals surface area contributed by atoms with Gasteiger partial charge in [0.25, 0.3) is 0 Å². The molecule has 4 aliphatic rings. The first-order chi connectivity index (χ1) is 19.2. The van der Waals surface area contributed by atoms with E-state index in [1.807, 2.05) is 33.8 Å². The summed E-state index contributed by atoms with van der Waals surface area (Å²) in [6.07, 6.45) is 2.72.